The molecule has 2 aromatic heterocycles. The lowest BCUT2D eigenvalue weighted by Gasteiger charge is -2.29. The molecule has 0 aliphatic carbocycles. The Morgan fingerprint density at radius 2 is 2.10 bits per heavy atom. The van der Waals surface area contributed by atoms with E-state index in [4.69, 9.17) is 11.6 Å². The van der Waals surface area contributed by atoms with Gasteiger partial charge in [-0.2, -0.15) is 0 Å². The molecule has 9 heteroatoms. The molecule has 5 rings (SSSR count). The number of halogens is 1. The highest BCUT2D eigenvalue weighted by Crippen LogP contribution is 2.32. The Kier molecular flexibility index (Phi) is 5.45. The summed E-state index contributed by atoms with van der Waals surface area (Å²) in [7, 11) is 1.87. The zero-order valence-corrected chi connectivity index (χ0v) is 18.8. The van der Waals surface area contributed by atoms with Gasteiger partial charge in [0.25, 0.3) is 5.56 Å². The van der Waals surface area contributed by atoms with Gasteiger partial charge in [0.2, 0.25) is 0 Å². The van der Waals surface area contributed by atoms with Gasteiger partial charge in [-0.15, -0.1) is 11.3 Å². The van der Waals surface area contributed by atoms with Crippen molar-refractivity contribution in [1.82, 2.24) is 24.7 Å². The number of hydrogen-bond acceptors (Lipinski definition) is 5. The minimum Gasteiger partial charge on any atom is -0.323 e. The molecule has 2 saturated heterocycles. The lowest BCUT2D eigenvalue weighted by atomic mass is 10.2. The third-order valence-electron chi connectivity index (χ3n) is 6.30. The maximum atomic E-state index is 13.2. The van der Waals surface area contributed by atoms with Crippen LogP contribution in [0.25, 0.3) is 20.7 Å². The number of likely N-dealkylation sites (N-methyl/N-ethyl adjacent to an activating group) is 1. The Balaban J connectivity index is 1.37. The molecule has 1 aromatic carbocycles. The number of amides is 2. The molecule has 0 radical (unpaired) electrons. The number of nitrogens with one attached hydrogen (secondary N) is 1. The monoisotopic (exact) mass is 457 g/mol. The van der Waals surface area contributed by atoms with Crippen molar-refractivity contribution in [2.24, 2.45) is 0 Å². The number of fused-ring (bicyclic) bond motifs is 1. The molecule has 0 spiro atoms. The first-order valence-electron chi connectivity index (χ1n) is 10.5. The quantitative estimate of drug-likeness (QED) is 0.654. The van der Waals surface area contributed by atoms with Crippen LogP contribution in [0.2, 0.25) is 5.02 Å². The molecule has 162 valence electrons. The molecule has 0 unspecified atom stereocenters. The number of hydrogen-bond donors (Lipinski definition) is 1. The number of urea groups is 1. The summed E-state index contributed by atoms with van der Waals surface area (Å²) in [4.78, 5) is 35.4. The van der Waals surface area contributed by atoms with E-state index < -0.39 is 0 Å². The van der Waals surface area contributed by atoms with Gasteiger partial charge in [-0.3, -0.25) is 9.36 Å². The second-order valence-corrected chi connectivity index (χ2v) is 9.71. The van der Waals surface area contributed by atoms with Gasteiger partial charge in [-0.25, -0.2) is 9.78 Å². The van der Waals surface area contributed by atoms with E-state index in [1.807, 2.05) is 47.2 Å². The van der Waals surface area contributed by atoms with Crippen LogP contribution in [0, 0.1) is 0 Å². The van der Waals surface area contributed by atoms with Gasteiger partial charge >= 0.3 is 6.03 Å². The molecule has 1 N–H and O–H groups in total. The standard InChI is InChI=1S/C22H24ClN5O2S/c1-26(16-6-8-24-11-16)22(30)27-9-7-17(12-27)28-13-25-18-10-19(31-20(18)21(28)29)14-2-4-15(23)5-3-14/h2-5,10,13,16-17,24H,6-9,11-12H2,1H3/t16-,17+/m1/s1. The molecule has 31 heavy (non-hydrogen) atoms. The molecule has 2 fully saturated rings. The highest BCUT2D eigenvalue weighted by Gasteiger charge is 2.33. The number of likely N-dealkylation sites (tertiary alicyclic amines) is 1. The van der Waals surface area contributed by atoms with E-state index in [1.165, 1.54) is 11.3 Å². The number of carbonyl (C=O) groups is 1. The third-order valence-corrected chi connectivity index (χ3v) is 7.72. The van der Waals surface area contributed by atoms with Crippen molar-refractivity contribution in [1.29, 1.82) is 0 Å². The van der Waals surface area contributed by atoms with Gasteiger partial charge in [0.05, 0.1) is 17.9 Å². The number of rotatable bonds is 3. The van der Waals surface area contributed by atoms with Gasteiger partial charge < -0.3 is 15.1 Å². The van der Waals surface area contributed by atoms with Crippen molar-refractivity contribution in [2.75, 3.05) is 33.2 Å². The number of nitrogens with zero attached hydrogens (tertiary/aromatic N) is 4. The van der Waals surface area contributed by atoms with Gasteiger partial charge in [-0.1, -0.05) is 23.7 Å². The van der Waals surface area contributed by atoms with Crippen LogP contribution in [0.15, 0.2) is 41.5 Å². The first-order valence-corrected chi connectivity index (χ1v) is 11.7. The minimum atomic E-state index is -0.0514. The Morgan fingerprint density at radius 3 is 2.84 bits per heavy atom. The Labute approximate surface area is 189 Å². The predicted octanol–water partition coefficient (Wildman–Crippen LogP) is 3.44. The van der Waals surface area contributed by atoms with Crippen LogP contribution in [-0.4, -0.2) is 64.7 Å². The van der Waals surface area contributed by atoms with Crippen molar-refractivity contribution in [2.45, 2.75) is 24.9 Å². The van der Waals surface area contributed by atoms with E-state index in [1.54, 1.807) is 10.9 Å². The van der Waals surface area contributed by atoms with Crippen LogP contribution < -0.4 is 10.9 Å². The summed E-state index contributed by atoms with van der Waals surface area (Å²) < 4.78 is 2.35. The van der Waals surface area contributed by atoms with Gasteiger partial charge in [-0.05, 0) is 43.1 Å². The number of aromatic nitrogens is 2. The molecule has 2 amide bonds. The van der Waals surface area contributed by atoms with Crippen LogP contribution in [0.4, 0.5) is 4.79 Å². The molecule has 2 atom stereocenters. The number of benzene rings is 1. The van der Waals surface area contributed by atoms with E-state index in [0.29, 0.717) is 28.3 Å². The van der Waals surface area contributed by atoms with Gasteiger partial charge in [0.15, 0.2) is 0 Å². The highest BCUT2D eigenvalue weighted by molar-refractivity contribution is 7.22. The van der Waals surface area contributed by atoms with Gasteiger partial charge in [0.1, 0.15) is 4.70 Å². The molecule has 2 aliphatic rings. The summed E-state index contributed by atoms with van der Waals surface area (Å²) in [6, 6.07) is 9.76. The number of carbonyl (C=O) groups excluding carboxylic acids is 1. The molecule has 0 bridgehead atoms. The molecule has 3 aromatic rings. The maximum Gasteiger partial charge on any atom is 0.320 e. The molecular formula is C22H24ClN5O2S. The van der Waals surface area contributed by atoms with E-state index in [2.05, 4.69) is 10.3 Å². The normalized spacial score (nSPS) is 21.2. The zero-order chi connectivity index (χ0) is 21.5. The Morgan fingerprint density at radius 1 is 1.29 bits per heavy atom. The predicted molar refractivity (Wildman–Crippen MR) is 124 cm³/mol. The fourth-order valence-electron chi connectivity index (χ4n) is 4.43. The minimum absolute atomic E-state index is 0.0390. The zero-order valence-electron chi connectivity index (χ0n) is 17.3. The molecule has 0 saturated carbocycles. The van der Waals surface area contributed by atoms with Crippen LogP contribution >= 0.6 is 22.9 Å². The first-order chi connectivity index (χ1) is 15.0. The van der Waals surface area contributed by atoms with Crippen LogP contribution in [0.5, 0.6) is 0 Å². The first kappa shape index (κ1) is 20.5. The van der Waals surface area contributed by atoms with Crippen molar-refractivity contribution in [3.8, 4) is 10.4 Å². The summed E-state index contributed by atoms with van der Waals surface area (Å²) in [6.07, 6.45) is 3.37. The number of thiophene rings is 1. The smallest absolute Gasteiger partial charge is 0.320 e. The average molecular weight is 458 g/mol. The van der Waals surface area contributed by atoms with E-state index >= 15 is 0 Å². The SMILES string of the molecule is CN(C(=O)N1CC[C@H](n2cnc3cc(-c4ccc(Cl)cc4)sc3c2=O)C1)[C@@H]1CCNC1. The van der Waals surface area contributed by atoms with Crippen LogP contribution in [0.1, 0.15) is 18.9 Å². The summed E-state index contributed by atoms with van der Waals surface area (Å²) in [5.74, 6) is 0. The van der Waals surface area contributed by atoms with Crippen LogP contribution in [-0.2, 0) is 0 Å². The van der Waals surface area contributed by atoms with Gasteiger partial charge in [0, 0.05) is 42.6 Å². The summed E-state index contributed by atoms with van der Waals surface area (Å²) >= 11 is 7.44. The second-order valence-electron chi connectivity index (χ2n) is 8.22. The van der Waals surface area contributed by atoms with E-state index in [-0.39, 0.29) is 23.7 Å². The molecule has 2 aliphatic heterocycles. The van der Waals surface area contributed by atoms with E-state index in [9.17, 15) is 9.59 Å². The molecule has 7 nitrogen and oxygen atoms in total. The van der Waals surface area contributed by atoms with Crippen molar-refractivity contribution in [3.05, 3.63) is 52.0 Å². The lowest BCUT2D eigenvalue weighted by Crippen LogP contribution is -2.46. The fraction of sp³-hybridized carbons (Fsp3) is 0.409. The maximum absolute atomic E-state index is 13.2. The Bertz CT molecular complexity index is 1170. The summed E-state index contributed by atoms with van der Waals surface area (Å²) in [6.45, 7) is 2.98. The van der Waals surface area contributed by atoms with Crippen molar-refractivity contribution < 1.29 is 4.79 Å². The van der Waals surface area contributed by atoms with Crippen molar-refractivity contribution in [3.63, 3.8) is 0 Å². The molecule has 4 heterocycles. The summed E-state index contributed by atoms with van der Waals surface area (Å²) in [5, 5.41) is 3.98. The lowest BCUT2D eigenvalue weighted by molar-refractivity contribution is 0.157. The largest absolute Gasteiger partial charge is 0.323 e. The average Bonchev–Trinajstić information content (AvgIpc) is 3.54. The van der Waals surface area contributed by atoms with E-state index in [0.717, 1.165) is 36.4 Å². The Hall–Kier alpha value is -2.42. The fourth-order valence-corrected chi connectivity index (χ4v) is 5.61. The second kappa shape index (κ2) is 8.26. The topological polar surface area (TPSA) is 70.5 Å². The molecular weight excluding hydrogens is 434 g/mol. The van der Waals surface area contributed by atoms with Crippen LogP contribution in [0.3, 0.4) is 0 Å². The highest BCUT2D eigenvalue weighted by atomic mass is 35.5. The third kappa shape index (κ3) is 3.84. The van der Waals surface area contributed by atoms with Crippen molar-refractivity contribution >= 4 is 39.2 Å². The summed E-state index contributed by atoms with van der Waals surface area (Å²) in [5.41, 5.74) is 1.68.